The van der Waals surface area contributed by atoms with Gasteiger partial charge in [0.05, 0.1) is 0 Å². The van der Waals surface area contributed by atoms with Gasteiger partial charge in [-0.15, -0.1) is 11.3 Å². The third kappa shape index (κ3) is 1.96. The summed E-state index contributed by atoms with van der Waals surface area (Å²) in [5.41, 5.74) is 2.22. The molecule has 1 fully saturated rings. The van der Waals surface area contributed by atoms with Crippen LogP contribution in [0, 0.1) is 0 Å². The molecule has 1 unspecified atom stereocenters. The number of aliphatic hydroxyl groups is 1. The molecule has 1 aliphatic carbocycles. The van der Waals surface area contributed by atoms with Gasteiger partial charge < -0.3 is 14.6 Å². The van der Waals surface area contributed by atoms with E-state index >= 15 is 0 Å². The molecule has 1 aromatic carbocycles. The Bertz CT molecular complexity index is 666. The van der Waals surface area contributed by atoms with Crippen LogP contribution in [0.25, 0.3) is 0 Å². The van der Waals surface area contributed by atoms with E-state index < -0.39 is 11.4 Å². The number of benzene rings is 1. The van der Waals surface area contributed by atoms with E-state index in [0.29, 0.717) is 6.61 Å². The Labute approximate surface area is 127 Å². The van der Waals surface area contributed by atoms with Crippen molar-refractivity contribution >= 4 is 11.3 Å². The maximum atomic E-state index is 11.1. The molecule has 1 aliphatic heterocycles. The molecular formula is C16H17NO3S. The highest BCUT2D eigenvalue weighted by atomic mass is 32.1. The topological polar surface area (TPSA) is 54.9 Å². The fraction of sp³-hybridized carbons (Fsp3) is 0.438. The zero-order valence-corrected chi connectivity index (χ0v) is 12.7. The summed E-state index contributed by atoms with van der Waals surface area (Å²) in [6, 6.07) is 6.12. The van der Waals surface area contributed by atoms with Crippen molar-refractivity contribution in [2.45, 2.75) is 30.7 Å². The number of rotatable bonds is 3. The van der Waals surface area contributed by atoms with Gasteiger partial charge in [-0.25, -0.2) is 4.98 Å². The SMILES string of the molecule is COC1(c2ccc3c(c2)CCC[C@]3(O)c2nccs2)CO1. The summed E-state index contributed by atoms with van der Waals surface area (Å²) in [5.74, 6) is -0.564. The van der Waals surface area contributed by atoms with E-state index in [0.717, 1.165) is 35.4 Å². The zero-order valence-electron chi connectivity index (χ0n) is 11.8. The van der Waals surface area contributed by atoms with E-state index in [1.807, 2.05) is 17.5 Å². The molecule has 2 atom stereocenters. The lowest BCUT2D eigenvalue weighted by atomic mass is 9.78. The molecule has 2 heterocycles. The van der Waals surface area contributed by atoms with Gasteiger partial charge in [0, 0.05) is 24.3 Å². The number of fused-ring (bicyclic) bond motifs is 1. The highest BCUT2D eigenvalue weighted by molar-refractivity contribution is 7.09. The van der Waals surface area contributed by atoms with Gasteiger partial charge in [-0.05, 0) is 36.5 Å². The van der Waals surface area contributed by atoms with E-state index in [1.54, 1.807) is 13.3 Å². The Hall–Kier alpha value is -1.27. The van der Waals surface area contributed by atoms with Gasteiger partial charge in [0.1, 0.15) is 17.2 Å². The summed E-state index contributed by atoms with van der Waals surface area (Å²) >= 11 is 1.51. The molecule has 0 saturated carbocycles. The van der Waals surface area contributed by atoms with E-state index in [9.17, 15) is 5.11 Å². The second-order valence-electron chi connectivity index (χ2n) is 5.67. The van der Waals surface area contributed by atoms with Gasteiger partial charge in [-0.2, -0.15) is 0 Å². The standard InChI is InChI=1S/C16H17NO3S/c1-19-16(10-20-16)12-4-5-13-11(9-12)3-2-6-15(13,18)14-17-7-8-21-14/h4-5,7-9,18H,2-3,6,10H2,1H3/t15-,16?/m1/s1. The number of methoxy groups -OCH3 is 1. The lowest BCUT2D eigenvalue weighted by Crippen LogP contribution is -2.32. The average Bonchev–Trinajstić information content (AvgIpc) is 3.11. The number of thiazole rings is 1. The molecule has 4 nitrogen and oxygen atoms in total. The average molecular weight is 303 g/mol. The molecule has 4 rings (SSSR count). The van der Waals surface area contributed by atoms with Crippen molar-refractivity contribution in [2.75, 3.05) is 13.7 Å². The summed E-state index contributed by atoms with van der Waals surface area (Å²) in [7, 11) is 1.67. The first kappa shape index (κ1) is 13.4. The molecule has 0 amide bonds. The minimum atomic E-state index is -0.953. The quantitative estimate of drug-likeness (QED) is 0.885. The van der Waals surface area contributed by atoms with Crippen molar-refractivity contribution < 1.29 is 14.6 Å². The summed E-state index contributed by atoms with van der Waals surface area (Å²) < 4.78 is 10.9. The van der Waals surface area contributed by atoms with Crippen molar-refractivity contribution in [3.63, 3.8) is 0 Å². The van der Waals surface area contributed by atoms with E-state index in [-0.39, 0.29) is 0 Å². The summed E-state index contributed by atoms with van der Waals surface area (Å²) in [4.78, 5) is 4.33. The molecule has 0 spiro atoms. The van der Waals surface area contributed by atoms with Gasteiger partial charge in [0.25, 0.3) is 0 Å². The van der Waals surface area contributed by atoms with Crippen molar-refractivity contribution in [1.29, 1.82) is 0 Å². The van der Waals surface area contributed by atoms with Crippen LogP contribution in [0.3, 0.4) is 0 Å². The predicted molar refractivity (Wildman–Crippen MR) is 79.1 cm³/mol. The van der Waals surface area contributed by atoms with Crippen LogP contribution < -0.4 is 0 Å². The molecule has 1 N–H and O–H groups in total. The van der Waals surface area contributed by atoms with Crippen LogP contribution in [0.5, 0.6) is 0 Å². The Balaban J connectivity index is 1.80. The molecule has 110 valence electrons. The molecular weight excluding hydrogens is 286 g/mol. The van der Waals surface area contributed by atoms with Crippen LogP contribution in [-0.2, 0) is 27.3 Å². The number of hydrogen-bond acceptors (Lipinski definition) is 5. The van der Waals surface area contributed by atoms with Gasteiger partial charge in [-0.1, -0.05) is 12.1 Å². The maximum Gasteiger partial charge on any atom is 0.219 e. The number of epoxide rings is 1. The van der Waals surface area contributed by atoms with E-state index in [4.69, 9.17) is 9.47 Å². The monoisotopic (exact) mass is 303 g/mol. The van der Waals surface area contributed by atoms with Crippen molar-refractivity contribution in [3.05, 3.63) is 51.5 Å². The van der Waals surface area contributed by atoms with Crippen molar-refractivity contribution in [1.82, 2.24) is 4.98 Å². The number of aryl methyl sites for hydroxylation is 1. The fourth-order valence-corrected chi connectivity index (χ4v) is 4.01. The minimum Gasteiger partial charge on any atom is -0.378 e. The number of hydrogen-bond donors (Lipinski definition) is 1. The van der Waals surface area contributed by atoms with Crippen LogP contribution >= 0.6 is 11.3 Å². The van der Waals surface area contributed by atoms with Crippen LogP contribution in [-0.4, -0.2) is 23.8 Å². The molecule has 21 heavy (non-hydrogen) atoms. The maximum absolute atomic E-state index is 11.1. The molecule has 2 aromatic rings. The number of ether oxygens (including phenoxy) is 2. The predicted octanol–water partition coefficient (Wildman–Crippen LogP) is 2.54. The fourth-order valence-electron chi connectivity index (χ4n) is 3.23. The molecule has 0 radical (unpaired) electrons. The number of nitrogens with zero attached hydrogens (tertiary/aromatic N) is 1. The van der Waals surface area contributed by atoms with Crippen LogP contribution in [0.15, 0.2) is 29.8 Å². The first-order valence-corrected chi connectivity index (χ1v) is 8.01. The molecule has 1 saturated heterocycles. The Morgan fingerprint density at radius 2 is 2.29 bits per heavy atom. The van der Waals surface area contributed by atoms with Gasteiger partial charge in [-0.3, -0.25) is 0 Å². The van der Waals surface area contributed by atoms with Crippen molar-refractivity contribution in [3.8, 4) is 0 Å². The minimum absolute atomic E-state index is 0.564. The van der Waals surface area contributed by atoms with Gasteiger partial charge in [0.2, 0.25) is 5.79 Å². The normalized spacial score (nSPS) is 31.0. The lowest BCUT2D eigenvalue weighted by molar-refractivity contribution is -0.0141. The molecule has 0 bridgehead atoms. The largest absolute Gasteiger partial charge is 0.378 e. The molecule has 1 aromatic heterocycles. The highest BCUT2D eigenvalue weighted by Crippen LogP contribution is 2.45. The second kappa shape index (κ2) is 4.61. The Morgan fingerprint density at radius 1 is 1.43 bits per heavy atom. The smallest absolute Gasteiger partial charge is 0.219 e. The van der Waals surface area contributed by atoms with Crippen molar-refractivity contribution in [2.24, 2.45) is 0 Å². The van der Waals surface area contributed by atoms with Gasteiger partial charge >= 0.3 is 0 Å². The Kier molecular flexibility index (Phi) is 2.94. The molecule has 5 heteroatoms. The lowest BCUT2D eigenvalue weighted by Gasteiger charge is -2.33. The second-order valence-corrected chi connectivity index (χ2v) is 6.56. The molecule has 2 aliphatic rings. The van der Waals surface area contributed by atoms with Gasteiger partial charge in [0.15, 0.2) is 0 Å². The van der Waals surface area contributed by atoms with Crippen LogP contribution in [0.2, 0.25) is 0 Å². The summed E-state index contributed by atoms with van der Waals surface area (Å²) in [6.07, 6.45) is 4.39. The first-order chi connectivity index (χ1) is 10.2. The zero-order chi connectivity index (χ0) is 14.5. The summed E-state index contributed by atoms with van der Waals surface area (Å²) in [6.45, 7) is 0.596. The van der Waals surface area contributed by atoms with Crippen LogP contribution in [0.1, 0.15) is 34.5 Å². The van der Waals surface area contributed by atoms with E-state index in [1.165, 1.54) is 16.9 Å². The first-order valence-electron chi connectivity index (χ1n) is 7.13. The third-order valence-electron chi connectivity index (χ3n) is 4.50. The Morgan fingerprint density at radius 3 is 2.95 bits per heavy atom. The summed E-state index contributed by atoms with van der Waals surface area (Å²) in [5, 5.41) is 13.8. The highest BCUT2D eigenvalue weighted by Gasteiger charge is 2.48. The third-order valence-corrected chi connectivity index (χ3v) is 5.42. The van der Waals surface area contributed by atoms with Crippen LogP contribution in [0.4, 0.5) is 0 Å². The number of aromatic nitrogens is 1. The van der Waals surface area contributed by atoms with E-state index in [2.05, 4.69) is 11.1 Å².